The van der Waals surface area contributed by atoms with E-state index in [2.05, 4.69) is 23.9 Å². The van der Waals surface area contributed by atoms with Crippen molar-refractivity contribution in [2.75, 3.05) is 13.7 Å². The summed E-state index contributed by atoms with van der Waals surface area (Å²) in [7, 11) is 1.62. The van der Waals surface area contributed by atoms with Crippen molar-refractivity contribution in [1.29, 1.82) is 0 Å². The van der Waals surface area contributed by atoms with Gasteiger partial charge in [0, 0.05) is 12.0 Å². The van der Waals surface area contributed by atoms with Crippen LogP contribution in [-0.2, 0) is 0 Å². The Morgan fingerprint density at radius 3 is 2.42 bits per heavy atom. The molecule has 0 saturated carbocycles. The highest BCUT2D eigenvalue weighted by molar-refractivity contribution is 5.82. The fourth-order valence-electron chi connectivity index (χ4n) is 2.57. The summed E-state index contributed by atoms with van der Waals surface area (Å²) in [6.45, 7) is 4.80. The van der Waals surface area contributed by atoms with Gasteiger partial charge in [0.1, 0.15) is 5.75 Å². The smallest absolute Gasteiger partial charge is 0.336 e. The van der Waals surface area contributed by atoms with E-state index >= 15 is 0 Å². The number of nitrogens with zero attached hydrogens (tertiary/aromatic N) is 3. The second-order valence-corrected chi connectivity index (χ2v) is 6.26. The van der Waals surface area contributed by atoms with E-state index in [1.165, 1.54) is 4.68 Å². The van der Waals surface area contributed by atoms with Crippen molar-refractivity contribution in [3.8, 4) is 23.1 Å². The summed E-state index contributed by atoms with van der Waals surface area (Å²) < 4.78 is 12.2. The number of ether oxygens (including phenoxy) is 2. The van der Waals surface area contributed by atoms with Gasteiger partial charge in [0.2, 0.25) is 5.91 Å². The SMILES string of the molecule is CCCCCCC(=O)n1nc(OCCCC)nc1-c1ccc(OC)cc1. The van der Waals surface area contributed by atoms with E-state index in [-0.39, 0.29) is 11.9 Å². The summed E-state index contributed by atoms with van der Waals surface area (Å²) in [6.07, 6.45) is 6.61. The number of carbonyl (C=O) groups excluding carboxylic acids is 1. The minimum Gasteiger partial charge on any atom is -0.497 e. The first-order valence-electron chi connectivity index (χ1n) is 9.47. The third kappa shape index (κ3) is 5.58. The summed E-state index contributed by atoms with van der Waals surface area (Å²) in [5, 5.41) is 4.30. The van der Waals surface area contributed by atoms with Crippen LogP contribution in [0.1, 0.15) is 63.6 Å². The molecule has 0 atom stereocenters. The molecule has 0 aliphatic heterocycles. The highest BCUT2D eigenvalue weighted by atomic mass is 16.5. The second kappa shape index (κ2) is 10.6. The summed E-state index contributed by atoms with van der Waals surface area (Å²) in [5.74, 6) is 1.22. The van der Waals surface area contributed by atoms with E-state index in [0.29, 0.717) is 18.9 Å². The molecule has 0 radical (unpaired) electrons. The van der Waals surface area contributed by atoms with Gasteiger partial charge in [0.25, 0.3) is 0 Å². The molecule has 1 aromatic carbocycles. The van der Waals surface area contributed by atoms with Crippen LogP contribution in [0.15, 0.2) is 24.3 Å². The van der Waals surface area contributed by atoms with E-state index in [4.69, 9.17) is 9.47 Å². The molecule has 26 heavy (non-hydrogen) atoms. The van der Waals surface area contributed by atoms with E-state index < -0.39 is 0 Å². The Balaban J connectivity index is 2.20. The molecule has 1 aromatic heterocycles. The van der Waals surface area contributed by atoms with Crippen molar-refractivity contribution >= 4 is 5.91 Å². The van der Waals surface area contributed by atoms with Gasteiger partial charge in [-0.05, 0) is 37.1 Å². The van der Waals surface area contributed by atoms with Gasteiger partial charge in [0.15, 0.2) is 5.82 Å². The molecule has 2 aromatic rings. The first-order chi connectivity index (χ1) is 12.7. The minimum atomic E-state index is -0.0511. The summed E-state index contributed by atoms with van der Waals surface area (Å²) in [4.78, 5) is 17.1. The van der Waals surface area contributed by atoms with E-state index in [1.54, 1.807) is 7.11 Å². The zero-order valence-corrected chi connectivity index (χ0v) is 16.0. The fraction of sp³-hybridized carbons (Fsp3) is 0.550. The van der Waals surface area contributed by atoms with Gasteiger partial charge in [-0.2, -0.15) is 9.67 Å². The van der Waals surface area contributed by atoms with E-state index in [1.807, 2.05) is 24.3 Å². The largest absolute Gasteiger partial charge is 0.497 e. The van der Waals surface area contributed by atoms with Crippen LogP contribution in [0, 0.1) is 0 Å². The molecule has 0 fully saturated rings. The van der Waals surface area contributed by atoms with Crippen molar-refractivity contribution in [3.05, 3.63) is 24.3 Å². The monoisotopic (exact) mass is 359 g/mol. The van der Waals surface area contributed by atoms with Gasteiger partial charge < -0.3 is 9.47 Å². The van der Waals surface area contributed by atoms with Crippen LogP contribution in [-0.4, -0.2) is 34.4 Å². The third-order valence-electron chi connectivity index (χ3n) is 4.15. The normalized spacial score (nSPS) is 10.7. The van der Waals surface area contributed by atoms with E-state index in [0.717, 1.165) is 49.8 Å². The average molecular weight is 359 g/mol. The fourth-order valence-corrected chi connectivity index (χ4v) is 2.57. The lowest BCUT2D eigenvalue weighted by Crippen LogP contribution is -2.14. The highest BCUT2D eigenvalue weighted by Crippen LogP contribution is 2.23. The molecule has 0 aliphatic rings. The standard InChI is InChI=1S/C20H29N3O3/c1-4-6-8-9-10-18(24)23-19(16-11-13-17(25-3)14-12-16)21-20(22-23)26-15-7-5-2/h11-14H,4-10,15H2,1-3H3. The Bertz CT molecular complexity index is 680. The van der Waals surface area contributed by atoms with Gasteiger partial charge >= 0.3 is 6.01 Å². The zero-order chi connectivity index (χ0) is 18.8. The van der Waals surface area contributed by atoms with Crippen LogP contribution in [0.25, 0.3) is 11.4 Å². The predicted octanol–water partition coefficient (Wildman–Crippen LogP) is 4.74. The third-order valence-corrected chi connectivity index (χ3v) is 4.15. The molecule has 1 heterocycles. The highest BCUT2D eigenvalue weighted by Gasteiger charge is 2.18. The Morgan fingerprint density at radius 2 is 1.77 bits per heavy atom. The maximum atomic E-state index is 12.6. The number of unbranched alkanes of at least 4 members (excludes halogenated alkanes) is 4. The summed E-state index contributed by atoms with van der Waals surface area (Å²) in [6, 6.07) is 7.69. The number of benzene rings is 1. The zero-order valence-electron chi connectivity index (χ0n) is 16.0. The van der Waals surface area contributed by atoms with Crippen LogP contribution >= 0.6 is 0 Å². The molecular formula is C20H29N3O3. The minimum absolute atomic E-state index is 0.0511. The lowest BCUT2D eigenvalue weighted by molar-refractivity contribution is 0.0882. The molecule has 0 saturated heterocycles. The number of hydrogen-bond donors (Lipinski definition) is 0. The van der Waals surface area contributed by atoms with Crippen LogP contribution < -0.4 is 9.47 Å². The maximum absolute atomic E-state index is 12.6. The molecule has 0 unspecified atom stereocenters. The molecule has 0 aliphatic carbocycles. The van der Waals surface area contributed by atoms with Crippen molar-refractivity contribution in [2.24, 2.45) is 0 Å². The van der Waals surface area contributed by atoms with Crippen LogP contribution in [0.3, 0.4) is 0 Å². The number of rotatable bonds is 11. The van der Waals surface area contributed by atoms with Crippen molar-refractivity contribution in [3.63, 3.8) is 0 Å². The van der Waals surface area contributed by atoms with Gasteiger partial charge in [-0.3, -0.25) is 4.79 Å². The van der Waals surface area contributed by atoms with Crippen LogP contribution in [0.2, 0.25) is 0 Å². The number of methoxy groups -OCH3 is 1. The van der Waals surface area contributed by atoms with E-state index in [9.17, 15) is 4.79 Å². The molecule has 6 nitrogen and oxygen atoms in total. The maximum Gasteiger partial charge on any atom is 0.336 e. The van der Waals surface area contributed by atoms with Crippen molar-refractivity contribution < 1.29 is 14.3 Å². The Kier molecular flexibility index (Phi) is 8.12. The van der Waals surface area contributed by atoms with Crippen LogP contribution in [0.5, 0.6) is 11.8 Å². The molecule has 0 spiro atoms. The Morgan fingerprint density at radius 1 is 1.04 bits per heavy atom. The van der Waals surface area contributed by atoms with Gasteiger partial charge in [0.05, 0.1) is 13.7 Å². The lowest BCUT2D eigenvalue weighted by Gasteiger charge is -2.05. The Labute approximate surface area is 155 Å². The molecular weight excluding hydrogens is 330 g/mol. The first-order valence-corrected chi connectivity index (χ1v) is 9.47. The first kappa shape index (κ1) is 19.9. The summed E-state index contributed by atoms with van der Waals surface area (Å²) >= 11 is 0. The molecule has 2 rings (SSSR count). The summed E-state index contributed by atoms with van der Waals surface area (Å²) in [5.41, 5.74) is 0.811. The Hall–Kier alpha value is -2.37. The lowest BCUT2D eigenvalue weighted by atomic mass is 10.1. The molecule has 0 N–H and O–H groups in total. The quantitative estimate of drug-likeness (QED) is 0.542. The van der Waals surface area contributed by atoms with Crippen LogP contribution in [0.4, 0.5) is 0 Å². The van der Waals surface area contributed by atoms with Gasteiger partial charge in [-0.15, -0.1) is 5.10 Å². The number of hydrogen-bond acceptors (Lipinski definition) is 5. The van der Waals surface area contributed by atoms with Gasteiger partial charge in [-0.25, -0.2) is 0 Å². The van der Waals surface area contributed by atoms with Crippen molar-refractivity contribution in [2.45, 2.75) is 58.8 Å². The molecule has 0 bridgehead atoms. The van der Waals surface area contributed by atoms with Crippen molar-refractivity contribution in [1.82, 2.24) is 14.8 Å². The molecule has 0 amide bonds. The number of aromatic nitrogens is 3. The predicted molar refractivity (Wildman–Crippen MR) is 102 cm³/mol. The van der Waals surface area contributed by atoms with Gasteiger partial charge in [-0.1, -0.05) is 39.5 Å². The molecule has 6 heteroatoms. The molecule has 142 valence electrons. The average Bonchev–Trinajstić information content (AvgIpc) is 3.10. The second-order valence-electron chi connectivity index (χ2n) is 6.26. The number of carbonyl (C=O) groups is 1. The topological polar surface area (TPSA) is 66.2 Å².